The highest BCUT2D eigenvalue weighted by atomic mass is 16.5. The van der Waals surface area contributed by atoms with Gasteiger partial charge in [0.2, 0.25) is 0 Å². The Balaban J connectivity index is 0.000000595. The smallest absolute Gasteiger partial charge is 0.320 e. The Morgan fingerprint density at radius 3 is 2.29 bits per heavy atom. The molecule has 190 valence electrons. The van der Waals surface area contributed by atoms with Gasteiger partial charge in [-0.3, -0.25) is 9.36 Å². The van der Waals surface area contributed by atoms with Gasteiger partial charge in [0.05, 0.1) is 13.7 Å². The molecule has 0 amide bonds. The lowest BCUT2D eigenvalue weighted by Crippen LogP contribution is -2.08. The molecular weight excluding hydrogens is 438 g/mol. The number of allylic oxidation sites excluding steroid dienone is 4. The molecule has 0 atom stereocenters. The second-order valence-corrected chi connectivity index (χ2v) is 6.25. The number of anilines is 1. The average Bonchev–Trinajstić information content (AvgIpc) is 3.01. The highest BCUT2D eigenvalue weighted by Gasteiger charge is 2.16. The van der Waals surface area contributed by atoms with Gasteiger partial charge in [-0.1, -0.05) is 50.8 Å². The lowest BCUT2D eigenvalue weighted by atomic mass is 10.2. The molecule has 2 aromatic rings. The molecule has 0 unspecified atom stereocenters. The van der Waals surface area contributed by atoms with Crippen molar-refractivity contribution in [2.75, 3.05) is 39.8 Å². The average molecular weight is 478 g/mol. The van der Waals surface area contributed by atoms with Crippen molar-refractivity contribution in [1.29, 1.82) is 0 Å². The number of aromatic nitrogens is 4. The normalized spacial score (nSPS) is 11.4. The van der Waals surface area contributed by atoms with E-state index in [9.17, 15) is 4.79 Å². The number of fused-ring (bicyclic) bond motifs is 1. The summed E-state index contributed by atoms with van der Waals surface area (Å²) in [5, 5.41) is 0. The summed E-state index contributed by atoms with van der Waals surface area (Å²) in [4.78, 5) is 21.9. The summed E-state index contributed by atoms with van der Waals surface area (Å²) in [6.45, 7) is 11.5. The van der Waals surface area contributed by atoms with E-state index in [4.69, 9.17) is 19.9 Å². The number of carbonyl (C=O) groups is 1. The number of nitrogen functional groups attached to an aromatic ring is 1. The molecule has 0 aliphatic heterocycles. The largest absolute Gasteiger partial charge is 0.468 e. The van der Waals surface area contributed by atoms with Crippen LogP contribution in [0.4, 0.5) is 5.82 Å². The number of rotatable bonds is 9. The molecule has 0 aromatic carbocycles. The van der Waals surface area contributed by atoms with Crippen molar-refractivity contribution in [3.05, 3.63) is 37.0 Å². The maximum Gasteiger partial charge on any atom is 0.320 e. The second kappa shape index (κ2) is 20.2. The van der Waals surface area contributed by atoms with Crippen molar-refractivity contribution in [2.45, 2.75) is 46.6 Å². The molecule has 0 saturated carbocycles. The standard InChI is InChI=1S/C11H17N5O3.C7H10.C4H6O2.C2H6/c1-4-16-9-7(13-11(16)18-3)8(12)14-10(15-9)19-6-5-17-2;1-2-4-6-7-5-3-1;1-2-3-6-4-5;1-2/h4-6H2,1-3H3,(H2,12,14,15);1-4H,5-7H2;2,4H,1,3H2;1-2H3. The van der Waals surface area contributed by atoms with Crippen LogP contribution in [0.25, 0.3) is 11.2 Å². The van der Waals surface area contributed by atoms with Gasteiger partial charge in [-0.2, -0.15) is 15.0 Å². The molecule has 10 heteroatoms. The number of methoxy groups -OCH3 is 2. The third-order valence-corrected chi connectivity index (χ3v) is 3.99. The van der Waals surface area contributed by atoms with Crippen molar-refractivity contribution >= 4 is 23.5 Å². The lowest BCUT2D eigenvalue weighted by molar-refractivity contribution is -0.127. The van der Waals surface area contributed by atoms with Crippen LogP contribution in [0.5, 0.6) is 12.0 Å². The van der Waals surface area contributed by atoms with Gasteiger partial charge in [0.1, 0.15) is 13.2 Å². The number of imidazole rings is 1. The summed E-state index contributed by atoms with van der Waals surface area (Å²) >= 11 is 0. The molecule has 0 saturated heterocycles. The number of aryl methyl sites for hydroxylation is 1. The Kier molecular flexibility index (Phi) is 18.2. The van der Waals surface area contributed by atoms with Crippen LogP contribution in [0.15, 0.2) is 37.0 Å². The van der Waals surface area contributed by atoms with Crippen LogP contribution in [0, 0.1) is 0 Å². The second-order valence-electron chi connectivity index (χ2n) is 6.25. The van der Waals surface area contributed by atoms with Gasteiger partial charge in [0.15, 0.2) is 17.0 Å². The number of carbonyl (C=O) groups excluding carboxylic acids is 1. The van der Waals surface area contributed by atoms with E-state index >= 15 is 0 Å². The predicted octanol–water partition coefficient (Wildman–Crippen LogP) is 4.12. The fraction of sp³-hybridized carbons (Fsp3) is 0.500. The first-order valence-electron chi connectivity index (χ1n) is 11.3. The van der Waals surface area contributed by atoms with Crippen LogP contribution in [0.3, 0.4) is 0 Å². The third kappa shape index (κ3) is 11.5. The zero-order valence-electron chi connectivity index (χ0n) is 21.0. The first-order chi connectivity index (χ1) is 16.6. The van der Waals surface area contributed by atoms with Gasteiger partial charge >= 0.3 is 6.01 Å². The van der Waals surface area contributed by atoms with E-state index in [1.165, 1.54) is 25.3 Å². The van der Waals surface area contributed by atoms with Crippen molar-refractivity contribution in [3.8, 4) is 12.0 Å². The molecule has 0 fully saturated rings. The number of nitrogens with two attached hydrogens (primary N) is 1. The molecule has 3 rings (SSSR count). The minimum Gasteiger partial charge on any atom is -0.468 e. The van der Waals surface area contributed by atoms with Crippen LogP contribution < -0.4 is 15.2 Å². The Morgan fingerprint density at radius 1 is 1.12 bits per heavy atom. The van der Waals surface area contributed by atoms with Crippen molar-refractivity contribution < 1.29 is 23.7 Å². The maximum atomic E-state index is 9.29. The molecule has 0 spiro atoms. The first-order valence-corrected chi connectivity index (χ1v) is 11.3. The predicted molar refractivity (Wildman–Crippen MR) is 135 cm³/mol. The summed E-state index contributed by atoms with van der Waals surface area (Å²) in [7, 11) is 3.14. The van der Waals surface area contributed by atoms with Crippen LogP contribution >= 0.6 is 0 Å². The lowest BCUT2D eigenvalue weighted by Gasteiger charge is -2.06. The molecule has 1 aliphatic rings. The number of nitrogens with zero attached hydrogens (tertiary/aromatic N) is 4. The topological polar surface area (TPSA) is 124 Å². The minimum atomic E-state index is 0.208. The van der Waals surface area contributed by atoms with E-state index in [0.29, 0.717) is 50.0 Å². The van der Waals surface area contributed by atoms with Gasteiger partial charge in [0.25, 0.3) is 12.5 Å². The monoisotopic (exact) mass is 477 g/mol. The Bertz CT molecular complexity index is 860. The van der Waals surface area contributed by atoms with Gasteiger partial charge < -0.3 is 24.7 Å². The number of hydrogen-bond acceptors (Lipinski definition) is 9. The van der Waals surface area contributed by atoms with Gasteiger partial charge in [0, 0.05) is 13.7 Å². The van der Waals surface area contributed by atoms with E-state index in [0.717, 1.165) is 0 Å². The minimum absolute atomic E-state index is 0.208. The first kappa shape index (κ1) is 30.6. The van der Waals surface area contributed by atoms with E-state index in [2.05, 4.69) is 50.6 Å². The van der Waals surface area contributed by atoms with Gasteiger partial charge in [-0.25, -0.2) is 0 Å². The molecule has 2 aromatic heterocycles. The fourth-order valence-corrected chi connectivity index (χ4v) is 2.51. The molecule has 34 heavy (non-hydrogen) atoms. The number of ether oxygens (including phenoxy) is 4. The Morgan fingerprint density at radius 2 is 1.79 bits per heavy atom. The summed E-state index contributed by atoms with van der Waals surface area (Å²) in [6.07, 6.45) is 14.0. The molecule has 2 heterocycles. The highest BCUT2D eigenvalue weighted by molar-refractivity contribution is 5.83. The third-order valence-electron chi connectivity index (χ3n) is 3.99. The zero-order chi connectivity index (χ0) is 25.6. The summed E-state index contributed by atoms with van der Waals surface area (Å²) in [6, 6.07) is 0.659. The van der Waals surface area contributed by atoms with Crippen molar-refractivity contribution in [2.24, 2.45) is 0 Å². The summed E-state index contributed by atoms with van der Waals surface area (Å²) in [5.74, 6) is 0.267. The molecular formula is C24H39N5O5. The van der Waals surface area contributed by atoms with E-state index in [1.807, 2.05) is 20.8 Å². The molecule has 2 N–H and O–H groups in total. The Labute approximate surface area is 202 Å². The van der Waals surface area contributed by atoms with E-state index in [1.54, 1.807) is 18.8 Å². The van der Waals surface area contributed by atoms with Crippen LogP contribution in [-0.4, -0.2) is 60.0 Å². The number of hydrogen-bond donors (Lipinski definition) is 1. The Hall–Kier alpha value is -3.40. The molecule has 10 nitrogen and oxygen atoms in total. The van der Waals surface area contributed by atoms with Crippen LogP contribution in [0.2, 0.25) is 0 Å². The quantitative estimate of drug-likeness (QED) is 0.323. The van der Waals surface area contributed by atoms with Gasteiger partial charge in [-0.15, -0.1) is 0 Å². The zero-order valence-corrected chi connectivity index (χ0v) is 21.0. The van der Waals surface area contributed by atoms with Gasteiger partial charge in [-0.05, 0) is 26.2 Å². The highest BCUT2D eigenvalue weighted by Crippen LogP contribution is 2.24. The van der Waals surface area contributed by atoms with Crippen molar-refractivity contribution in [3.63, 3.8) is 0 Å². The maximum absolute atomic E-state index is 9.29. The van der Waals surface area contributed by atoms with Crippen molar-refractivity contribution in [1.82, 2.24) is 19.5 Å². The van der Waals surface area contributed by atoms with E-state index in [-0.39, 0.29) is 11.8 Å². The SMILES string of the molecule is C1=CCCCC=C1.C=CCOC=O.CC.CCn1c(OC)nc2c(N)nc(OCCOC)nc21. The molecule has 1 aliphatic carbocycles. The molecule has 0 radical (unpaired) electrons. The van der Waals surface area contributed by atoms with Crippen LogP contribution in [-0.2, 0) is 20.8 Å². The van der Waals surface area contributed by atoms with E-state index < -0.39 is 0 Å². The summed E-state index contributed by atoms with van der Waals surface area (Å²) < 4.78 is 21.4. The fourth-order valence-electron chi connectivity index (χ4n) is 2.51. The molecule has 0 bridgehead atoms. The van der Waals surface area contributed by atoms with Crippen LogP contribution in [0.1, 0.15) is 40.0 Å². The summed E-state index contributed by atoms with van der Waals surface area (Å²) in [5.41, 5.74) is 6.97.